The predicted octanol–water partition coefficient (Wildman–Crippen LogP) is 2.31. The highest BCUT2D eigenvalue weighted by Crippen LogP contribution is 2.32. The highest BCUT2D eigenvalue weighted by molar-refractivity contribution is 7.10. The van der Waals surface area contributed by atoms with Crippen molar-refractivity contribution in [2.75, 3.05) is 26.8 Å². The van der Waals surface area contributed by atoms with Gasteiger partial charge >= 0.3 is 6.09 Å². The quantitative estimate of drug-likeness (QED) is 0.814. The maximum absolute atomic E-state index is 11.7. The molecule has 94 valence electrons. The minimum Gasteiger partial charge on any atom is -0.496 e. The van der Waals surface area contributed by atoms with Crippen LogP contribution in [-0.2, 0) is 17.6 Å². The Morgan fingerprint density at radius 3 is 2.94 bits per heavy atom. The van der Waals surface area contributed by atoms with E-state index in [0.29, 0.717) is 13.2 Å². The number of methoxy groups -OCH3 is 1. The minimum atomic E-state index is -0.207. The van der Waals surface area contributed by atoms with E-state index in [1.165, 1.54) is 10.4 Å². The molecule has 0 aliphatic carbocycles. The monoisotopic (exact) mass is 255 g/mol. The van der Waals surface area contributed by atoms with E-state index in [-0.39, 0.29) is 6.09 Å². The van der Waals surface area contributed by atoms with Crippen molar-refractivity contribution in [1.82, 2.24) is 4.90 Å². The Kier molecular flexibility index (Phi) is 3.89. The number of ether oxygens (including phenoxy) is 2. The topological polar surface area (TPSA) is 38.8 Å². The lowest BCUT2D eigenvalue weighted by Gasteiger charge is -2.19. The summed E-state index contributed by atoms with van der Waals surface area (Å²) in [6.45, 7) is 3.70. The van der Waals surface area contributed by atoms with Crippen molar-refractivity contribution in [3.63, 3.8) is 0 Å². The second kappa shape index (κ2) is 5.40. The molecular formula is C12H17NO3S. The summed E-state index contributed by atoms with van der Waals surface area (Å²) in [6, 6.07) is 0. The Balaban J connectivity index is 2.06. The Morgan fingerprint density at radius 2 is 2.24 bits per heavy atom. The molecule has 1 aliphatic rings. The maximum Gasteiger partial charge on any atom is 0.409 e. The van der Waals surface area contributed by atoms with Crippen molar-refractivity contribution in [1.29, 1.82) is 0 Å². The molecule has 0 saturated heterocycles. The predicted molar refractivity (Wildman–Crippen MR) is 66.9 cm³/mol. The van der Waals surface area contributed by atoms with Gasteiger partial charge in [0.2, 0.25) is 0 Å². The van der Waals surface area contributed by atoms with E-state index in [2.05, 4.69) is 0 Å². The number of nitrogens with zero attached hydrogens (tertiary/aromatic N) is 1. The van der Waals surface area contributed by atoms with Crippen LogP contribution in [0.1, 0.15) is 17.4 Å². The Morgan fingerprint density at radius 1 is 1.47 bits per heavy atom. The summed E-state index contributed by atoms with van der Waals surface area (Å²) in [5, 5.41) is 2.05. The first-order chi connectivity index (χ1) is 8.26. The maximum atomic E-state index is 11.7. The Bertz CT molecular complexity index is 402. The van der Waals surface area contributed by atoms with Gasteiger partial charge in [0.15, 0.2) is 0 Å². The van der Waals surface area contributed by atoms with Crippen molar-refractivity contribution in [3.8, 4) is 5.75 Å². The van der Waals surface area contributed by atoms with Gasteiger partial charge in [-0.15, -0.1) is 11.3 Å². The first kappa shape index (κ1) is 12.2. The van der Waals surface area contributed by atoms with Crippen LogP contribution in [0.25, 0.3) is 0 Å². The van der Waals surface area contributed by atoms with Crippen molar-refractivity contribution in [2.24, 2.45) is 0 Å². The SMILES string of the molecule is CCOC(=O)N1CCc2scc(OC)c2CC1. The second-order valence-corrected chi connectivity index (χ2v) is 4.86. The largest absolute Gasteiger partial charge is 0.496 e. The number of carbonyl (C=O) groups is 1. The molecule has 5 heteroatoms. The summed E-state index contributed by atoms with van der Waals surface area (Å²) in [6.07, 6.45) is 1.53. The zero-order valence-corrected chi connectivity index (χ0v) is 11.0. The molecule has 0 spiro atoms. The number of hydrogen-bond donors (Lipinski definition) is 0. The summed E-state index contributed by atoms with van der Waals surface area (Å²) < 4.78 is 10.4. The first-order valence-electron chi connectivity index (χ1n) is 5.81. The van der Waals surface area contributed by atoms with Gasteiger partial charge in [-0.3, -0.25) is 0 Å². The summed E-state index contributed by atoms with van der Waals surface area (Å²) in [5.74, 6) is 0.954. The van der Waals surface area contributed by atoms with Gasteiger partial charge in [0.1, 0.15) is 5.75 Å². The number of rotatable bonds is 2. The molecule has 0 unspecified atom stereocenters. The number of hydrogen-bond acceptors (Lipinski definition) is 4. The molecule has 0 bridgehead atoms. The molecule has 1 aromatic rings. The minimum absolute atomic E-state index is 0.207. The van der Waals surface area contributed by atoms with Crippen LogP contribution in [0.5, 0.6) is 5.75 Å². The molecule has 4 nitrogen and oxygen atoms in total. The van der Waals surface area contributed by atoms with Crippen LogP contribution in [0.2, 0.25) is 0 Å². The molecule has 1 aliphatic heterocycles. The molecule has 0 saturated carbocycles. The van der Waals surface area contributed by atoms with Crippen molar-refractivity contribution in [2.45, 2.75) is 19.8 Å². The van der Waals surface area contributed by atoms with Gasteiger partial charge in [-0.25, -0.2) is 4.79 Å². The smallest absolute Gasteiger partial charge is 0.409 e. The molecule has 2 rings (SSSR count). The molecule has 1 amide bonds. The first-order valence-corrected chi connectivity index (χ1v) is 6.69. The molecule has 0 fully saturated rings. The number of amides is 1. The molecule has 1 aromatic heterocycles. The van der Waals surface area contributed by atoms with Crippen LogP contribution in [-0.4, -0.2) is 37.8 Å². The lowest BCUT2D eigenvalue weighted by molar-refractivity contribution is 0.109. The van der Waals surface area contributed by atoms with Gasteiger partial charge in [0, 0.05) is 28.9 Å². The standard InChI is InChI=1S/C12H17NO3S/c1-3-16-12(14)13-6-4-9-10(15-2)8-17-11(9)5-7-13/h8H,3-7H2,1-2H3. The van der Waals surface area contributed by atoms with Crippen LogP contribution in [0.4, 0.5) is 4.79 Å². The van der Waals surface area contributed by atoms with Gasteiger partial charge in [-0.05, 0) is 19.8 Å². The molecule has 2 heterocycles. The second-order valence-electron chi connectivity index (χ2n) is 3.89. The van der Waals surface area contributed by atoms with E-state index in [1.807, 2.05) is 12.3 Å². The van der Waals surface area contributed by atoms with Gasteiger partial charge in [-0.2, -0.15) is 0 Å². The average Bonchev–Trinajstić information content (AvgIpc) is 2.60. The van der Waals surface area contributed by atoms with E-state index in [0.717, 1.165) is 25.1 Å². The third-order valence-electron chi connectivity index (χ3n) is 2.93. The third kappa shape index (κ3) is 2.54. The van der Waals surface area contributed by atoms with Crippen molar-refractivity contribution in [3.05, 3.63) is 15.8 Å². The van der Waals surface area contributed by atoms with E-state index in [4.69, 9.17) is 9.47 Å². The van der Waals surface area contributed by atoms with Crippen LogP contribution >= 0.6 is 11.3 Å². The van der Waals surface area contributed by atoms with Crippen LogP contribution in [0.3, 0.4) is 0 Å². The summed E-state index contributed by atoms with van der Waals surface area (Å²) in [7, 11) is 1.69. The van der Waals surface area contributed by atoms with E-state index in [1.54, 1.807) is 23.3 Å². The highest BCUT2D eigenvalue weighted by Gasteiger charge is 2.22. The lowest BCUT2D eigenvalue weighted by atomic mass is 10.1. The van der Waals surface area contributed by atoms with E-state index in [9.17, 15) is 4.79 Å². The van der Waals surface area contributed by atoms with Crippen LogP contribution in [0.15, 0.2) is 5.38 Å². The van der Waals surface area contributed by atoms with Gasteiger partial charge in [-0.1, -0.05) is 0 Å². The van der Waals surface area contributed by atoms with Crippen LogP contribution < -0.4 is 4.74 Å². The van der Waals surface area contributed by atoms with Gasteiger partial charge in [0.05, 0.1) is 13.7 Å². The Labute approximate surface area is 105 Å². The fourth-order valence-electron chi connectivity index (χ4n) is 2.04. The average molecular weight is 255 g/mol. The van der Waals surface area contributed by atoms with Crippen molar-refractivity contribution >= 4 is 17.4 Å². The zero-order chi connectivity index (χ0) is 12.3. The molecule has 17 heavy (non-hydrogen) atoms. The van der Waals surface area contributed by atoms with E-state index >= 15 is 0 Å². The number of carbonyl (C=O) groups excluding carboxylic acids is 1. The molecule has 0 atom stereocenters. The molecule has 0 radical (unpaired) electrons. The lowest BCUT2D eigenvalue weighted by Crippen LogP contribution is -2.33. The summed E-state index contributed by atoms with van der Waals surface area (Å²) in [5.41, 5.74) is 1.25. The number of fused-ring (bicyclic) bond motifs is 1. The summed E-state index contributed by atoms with van der Waals surface area (Å²) in [4.78, 5) is 14.8. The zero-order valence-electron chi connectivity index (χ0n) is 10.2. The molecule has 0 N–H and O–H groups in total. The summed E-state index contributed by atoms with van der Waals surface area (Å²) >= 11 is 1.71. The third-order valence-corrected chi connectivity index (χ3v) is 4.00. The normalized spacial score (nSPS) is 15.1. The van der Waals surface area contributed by atoms with Gasteiger partial charge in [0.25, 0.3) is 0 Å². The fourth-order valence-corrected chi connectivity index (χ4v) is 3.08. The van der Waals surface area contributed by atoms with Gasteiger partial charge < -0.3 is 14.4 Å². The molecule has 0 aromatic carbocycles. The fraction of sp³-hybridized carbons (Fsp3) is 0.583. The van der Waals surface area contributed by atoms with E-state index < -0.39 is 0 Å². The van der Waals surface area contributed by atoms with Crippen molar-refractivity contribution < 1.29 is 14.3 Å². The number of thiophene rings is 1. The highest BCUT2D eigenvalue weighted by atomic mass is 32.1. The van der Waals surface area contributed by atoms with Crippen LogP contribution in [0, 0.1) is 0 Å². The molecular weight excluding hydrogens is 238 g/mol. The Hall–Kier alpha value is -1.23.